The quantitative estimate of drug-likeness (QED) is 0.704. The molecule has 2 heterocycles. The van der Waals surface area contributed by atoms with Gasteiger partial charge in [0.2, 0.25) is 0 Å². The number of hydrogen-bond donors (Lipinski definition) is 0. The fourth-order valence-corrected chi connectivity index (χ4v) is 2.08. The Morgan fingerprint density at radius 1 is 1.17 bits per heavy atom. The Bertz CT molecular complexity index is 672. The minimum Gasteiger partial charge on any atom is -0.256 e. The van der Waals surface area contributed by atoms with E-state index in [0.29, 0.717) is 0 Å². The maximum absolute atomic E-state index is 4.34. The summed E-state index contributed by atoms with van der Waals surface area (Å²) in [6, 6.07) is 10.2. The average Bonchev–Trinajstić information content (AvgIpc) is 2.87. The largest absolute Gasteiger partial charge is 0.256 e. The van der Waals surface area contributed by atoms with Crippen LogP contribution in [0, 0.1) is 0 Å². The molecule has 0 amide bonds. The van der Waals surface area contributed by atoms with E-state index in [1.807, 2.05) is 29.1 Å². The van der Waals surface area contributed by atoms with Crippen molar-refractivity contribution in [2.45, 2.75) is 19.9 Å². The average molecular weight is 238 g/mol. The molecule has 0 atom stereocenters. The Hall–Kier alpha value is -2.23. The number of pyridine rings is 1. The number of aromatic nitrogens is 4. The fraction of sp³-hybridized carbons (Fsp3) is 0.214. The first-order valence-electron chi connectivity index (χ1n) is 6.11. The van der Waals surface area contributed by atoms with Crippen LogP contribution in [0.25, 0.3) is 22.3 Å². The number of aryl methyl sites for hydroxylation is 1. The molecule has 0 saturated heterocycles. The van der Waals surface area contributed by atoms with Crippen LogP contribution in [0.2, 0.25) is 0 Å². The highest BCUT2D eigenvalue weighted by atomic mass is 15.3. The lowest BCUT2D eigenvalue weighted by molar-refractivity contribution is 0.608. The zero-order chi connectivity index (χ0) is 12.4. The summed E-state index contributed by atoms with van der Waals surface area (Å²) in [5.74, 6) is 0.919. The van der Waals surface area contributed by atoms with Gasteiger partial charge in [0.25, 0.3) is 0 Å². The molecule has 1 aromatic carbocycles. The molecule has 0 N–H and O–H groups in total. The monoisotopic (exact) mass is 238 g/mol. The highest BCUT2D eigenvalue weighted by Gasteiger charge is 2.07. The molecule has 4 nitrogen and oxygen atoms in total. The molecule has 0 aliphatic carbocycles. The van der Waals surface area contributed by atoms with E-state index in [0.717, 1.165) is 35.3 Å². The topological polar surface area (TPSA) is 43.6 Å². The van der Waals surface area contributed by atoms with E-state index in [-0.39, 0.29) is 0 Å². The van der Waals surface area contributed by atoms with Crippen molar-refractivity contribution in [2.75, 3.05) is 0 Å². The molecule has 0 aliphatic rings. The van der Waals surface area contributed by atoms with Gasteiger partial charge in [0.1, 0.15) is 6.33 Å². The minimum absolute atomic E-state index is 0.889. The summed E-state index contributed by atoms with van der Waals surface area (Å²) in [6.45, 7) is 3.02. The Morgan fingerprint density at radius 2 is 2.11 bits per heavy atom. The van der Waals surface area contributed by atoms with Crippen LogP contribution >= 0.6 is 0 Å². The fourth-order valence-electron chi connectivity index (χ4n) is 2.08. The van der Waals surface area contributed by atoms with Crippen molar-refractivity contribution >= 4 is 10.9 Å². The third-order valence-corrected chi connectivity index (χ3v) is 2.91. The molecule has 0 bridgehead atoms. The van der Waals surface area contributed by atoms with Crippen molar-refractivity contribution in [1.82, 2.24) is 19.7 Å². The molecule has 0 fully saturated rings. The zero-order valence-electron chi connectivity index (χ0n) is 10.2. The highest BCUT2D eigenvalue weighted by molar-refractivity contribution is 5.83. The summed E-state index contributed by atoms with van der Waals surface area (Å²) in [7, 11) is 0. The standard InChI is InChI=1S/C14H14N4/c1-2-8-18-14(16-10-17-18)12-5-6-13-11(9-12)4-3-7-15-13/h3-7,9-10H,2,8H2,1H3. The van der Waals surface area contributed by atoms with Gasteiger partial charge in [-0.15, -0.1) is 0 Å². The Labute approximate surface area is 105 Å². The Morgan fingerprint density at radius 3 is 3.00 bits per heavy atom. The van der Waals surface area contributed by atoms with E-state index >= 15 is 0 Å². The van der Waals surface area contributed by atoms with E-state index in [9.17, 15) is 0 Å². The summed E-state index contributed by atoms with van der Waals surface area (Å²) in [5, 5.41) is 5.38. The number of benzene rings is 1. The van der Waals surface area contributed by atoms with Crippen molar-refractivity contribution < 1.29 is 0 Å². The summed E-state index contributed by atoms with van der Waals surface area (Å²) in [4.78, 5) is 8.66. The molecule has 2 aromatic heterocycles. The highest BCUT2D eigenvalue weighted by Crippen LogP contribution is 2.21. The number of nitrogens with zero attached hydrogens (tertiary/aromatic N) is 4. The van der Waals surface area contributed by atoms with Gasteiger partial charge < -0.3 is 0 Å². The number of fused-ring (bicyclic) bond motifs is 1. The van der Waals surface area contributed by atoms with Gasteiger partial charge in [0.15, 0.2) is 5.82 Å². The van der Waals surface area contributed by atoms with Crippen LogP contribution in [0.5, 0.6) is 0 Å². The minimum atomic E-state index is 0.889. The first kappa shape index (κ1) is 10.9. The summed E-state index contributed by atoms with van der Waals surface area (Å²) >= 11 is 0. The Balaban J connectivity index is 2.10. The zero-order valence-corrected chi connectivity index (χ0v) is 10.2. The predicted molar refractivity (Wildman–Crippen MR) is 71.1 cm³/mol. The van der Waals surface area contributed by atoms with E-state index in [4.69, 9.17) is 0 Å². The second kappa shape index (κ2) is 4.56. The van der Waals surface area contributed by atoms with Crippen LogP contribution < -0.4 is 0 Å². The molecule has 0 saturated carbocycles. The summed E-state index contributed by atoms with van der Waals surface area (Å²) < 4.78 is 1.94. The van der Waals surface area contributed by atoms with Crippen LogP contribution in [-0.2, 0) is 6.54 Å². The normalized spacial score (nSPS) is 10.9. The molecule has 0 spiro atoms. The van der Waals surface area contributed by atoms with E-state index in [2.05, 4.69) is 34.1 Å². The van der Waals surface area contributed by atoms with Crippen LogP contribution in [0.15, 0.2) is 42.9 Å². The molecule has 0 radical (unpaired) electrons. The summed E-state index contributed by atoms with van der Waals surface area (Å²) in [6.07, 6.45) is 4.46. The molecule has 90 valence electrons. The van der Waals surface area contributed by atoms with Crippen LogP contribution in [0.3, 0.4) is 0 Å². The van der Waals surface area contributed by atoms with Gasteiger partial charge in [-0.2, -0.15) is 5.10 Å². The first-order chi connectivity index (χ1) is 8.88. The maximum atomic E-state index is 4.34. The van der Waals surface area contributed by atoms with Gasteiger partial charge in [0.05, 0.1) is 5.52 Å². The maximum Gasteiger partial charge on any atom is 0.158 e. The van der Waals surface area contributed by atoms with Crippen molar-refractivity contribution in [3.05, 3.63) is 42.9 Å². The van der Waals surface area contributed by atoms with Gasteiger partial charge in [-0.05, 0) is 30.7 Å². The van der Waals surface area contributed by atoms with Crippen molar-refractivity contribution in [3.63, 3.8) is 0 Å². The number of rotatable bonds is 3. The van der Waals surface area contributed by atoms with Gasteiger partial charge in [-0.3, -0.25) is 4.98 Å². The predicted octanol–water partition coefficient (Wildman–Crippen LogP) is 2.90. The molecule has 3 rings (SSSR count). The lowest BCUT2D eigenvalue weighted by Crippen LogP contribution is -2.01. The smallest absolute Gasteiger partial charge is 0.158 e. The molecule has 0 aliphatic heterocycles. The van der Waals surface area contributed by atoms with Crippen LogP contribution in [0.4, 0.5) is 0 Å². The molecule has 18 heavy (non-hydrogen) atoms. The molecule has 4 heteroatoms. The first-order valence-corrected chi connectivity index (χ1v) is 6.11. The molecule has 0 unspecified atom stereocenters. The van der Waals surface area contributed by atoms with Crippen molar-refractivity contribution in [2.24, 2.45) is 0 Å². The second-order valence-corrected chi connectivity index (χ2v) is 4.22. The third kappa shape index (κ3) is 1.86. The van der Waals surface area contributed by atoms with Crippen molar-refractivity contribution in [3.8, 4) is 11.4 Å². The van der Waals surface area contributed by atoms with Gasteiger partial charge >= 0.3 is 0 Å². The number of hydrogen-bond acceptors (Lipinski definition) is 3. The van der Waals surface area contributed by atoms with E-state index in [1.165, 1.54) is 0 Å². The molecule has 3 aromatic rings. The Kier molecular flexibility index (Phi) is 2.76. The van der Waals surface area contributed by atoms with Crippen molar-refractivity contribution in [1.29, 1.82) is 0 Å². The van der Waals surface area contributed by atoms with Crippen LogP contribution in [-0.4, -0.2) is 19.7 Å². The molecular weight excluding hydrogens is 224 g/mol. The SMILES string of the molecule is CCCn1ncnc1-c1ccc2ncccc2c1. The van der Waals surface area contributed by atoms with E-state index < -0.39 is 0 Å². The lowest BCUT2D eigenvalue weighted by Gasteiger charge is -2.05. The van der Waals surface area contributed by atoms with Crippen LogP contribution in [0.1, 0.15) is 13.3 Å². The van der Waals surface area contributed by atoms with Gasteiger partial charge in [-0.1, -0.05) is 13.0 Å². The van der Waals surface area contributed by atoms with Gasteiger partial charge in [-0.25, -0.2) is 9.67 Å². The van der Waals surface area contributed by atoms with E-state index in [1.54, 1.807) is 6.33 Å². The lowest BCUT2D eigenvalue weighted by atomic mass is 10.1. The summed E-state index contributed by atoms with van der Waals surface area (Å²) in [5.41, 5.74) is 2.09. The second-order valence-electron chi connectivity index (χ2n) is 4.22. The third-order valence-electron chi connectivity index (χ3n) is 2.91. The van der Waals surface area contributed by atoms with Gasteiger partial charge in [0, 0.05) is 23.7 Å². The molecular formula is C14H14N4.